The summed E-state index contributed by atoms with van der Waals surface area (Å²) in [4.78, 5) is 23.0. The van der Waals surface area contributed by atoms with Crippen molar-refractivity contribution in [2.75, 3.05) is 29.7 Å². The predicted molar refractivity (Wildman–Crippen MR) is 107 cm³/mol. The summed E-state index contributed by atoms with van der Waals surface area (Å²) in [7, 11) is 3.20. The van der Waals surface area contributed by atoms with Gasteiger partial charge in [-0.25, -0.2) is 13.8 Å². The van der Waals surface area contributed by atoms with Crippen molar-refractivity contribution in [1.29, 1.82) is 0 Å². The van der Waals surface area contributed by atoms with Crippen molar-refractivity contribution in [2.24, 2.45) is 0 Å². The van der Waals surface area contributed by atoms with E-state index >= 15 is 0 Å². The SMILES string of the molecule is C=C(OC)[C@H]1C(=O)Nc2c(C)nc(NCc3cnn(C4CC(F)(F)C4)c3)nc2N1C. The number of likely N-dealkylation sites (N-methyl/N-ethyl adjacent to an activating group) is 1. The van der Waals surface area contributed by atoms with Crippen LogP contribution in [0.15, 0.2) is 24.7 Å². The molecule has 9 nitrogen and oxygen atoms in total. The molecule has 160 valence electrons. The molecule has 1 saturated carbocycles. The fourth-order valence-electron chi connectivity index (χ4n) is 3.67. The van der Waals surface area contributed by atoms with E-state index in [1.54, 1.807) is 35.9 Å². The maximum atomic E-state index is 13.1. The summed E-state index contributed by atoms with van der Waals surface area (Å²) in [5.74, 6) is -1.63. The highest BCUT2D eigenvalue weighted by atomic mass is 19.3. The number of nitrogens with one attached hydrogen (secondary N) is 2. The standard InChI is InChI=1S/C19H23F2N7O2/c1-10-14-16(27(3)15(11(2)30-4)17(29)25-14)26-18(24-10)22-7-12-8-23-28(9-12)13-5-19(20,21)6-13/h8-9,13,15H,2,5-7H2,1,3-4H3,(H,25,29)(H,22,24,26)/t15-/m0/s1. The number of carbonyl (C=O) groups is 1. The average Bonchev–Trinajstić information content (AvgIpc) is 3.14. The van der Waals surface area contributed by atoms with E-state index in [1.807, 2.05) is 0 Å². The zero-order valence-corrected chi connectivity index (χ0v) is 16.9. The predicted octanol–water partition coefficient (Wildman–Crippen LogP) is 2.48. The van der Waals surface area contributed by atoms with Gasteiger partial charge in [0.2, 0.25) is 5.95 Å². The van der Waals surface area contributed by atoms with Gasteiger partial charge in [0.15, 0.2) is 11.9 Å². The lowest BCUT2D eigenvalue weighted by molar-refractivity contribution is -0.117. The van der Waals surface area contributed by atoms with Gasteiger partial charge in [0.05, 0.1) is 25.0 Å². The molecule has 0 aromatic carbocycles. The van der Waals surface area contributed by atoms with Crippen LogP contribution in [0.25, 0.3) is 0 Å². The molecule has 4 rings (SSSR count). The van der Waals surface area contributed by atoms with Crippen LogP contribution in [0.5, 0.6) is 0 Å². The summed E-state index contributed by atoms with van der Waals surface area (Å²) < 4.78 is 32.9. The summed E-state index contributed by atoms with van der Waals surface area (Å²) in [5.41, 5.74) is 1.97. The number of fused-ring (bicyclic) bond motifs is 1. The second-order valence-corrected chi connectivity index (χ2v) is 7.60. The van der Waals surface area contributed by atoms with Gasteiger partial charge in [-0.3, -0.25) is 9.48 Å². The first kappa shape index (κ1) is 20.0. The lowest BCUT2D eigenvalue weighted by Gasteiger charge is -2.35. The average molecular weight is 419 g/mol. The first-order chi connectivity index (χ1) is 14.2. The molecular formula is C19H23F2N7O2. The molecule has 1 amide bonds. The second-order valence-electron chi connectivity index (χ2n) is 7.60. The third-order valence-electron chi connectivity index (χ3n) is 5.40. The topological polar surface area (TPSA) is 97.2 Å². The summed E-state index contributed by atoms with van der Waals surface area (Å²) in [6, 6.07) is -0.970. The molecule has 1 aliphatic carbocycles. The Morgan fingerprint density at radius 1 is 1.43 bits per heavy atom. The molecule has 30 heavy (non-hydrogen) atoms. The van der Waals surface area contributed by atoms with Crippen molar-refractivity contribution in [3.63, 3.8) is 0 Å². The molecule has 0 bridgehead atoms. The molecule has 1 atom stereocenters. The molecule has 0 spiro atoms. The Kier molecular flexibility index (Phi) is 4.83. The summed E-state index contributed by atoms with van der Waals surface area (Å²) >= 11 is 0. The summed E-state index contributed by atoms with van der Waals surface area (Å²) in [6.07, 6.45) is 3.03. The minimum absolute atomic E-state index is 0.180. The van der Waals surface area contributed by atoms with Crippen LogP contribution in [-0.4, -0.2) is 51.8 Å². The van der Waals surface area contributed by atoms with E-state index in [0.717, 1.165) is 5.56 Å². The summed E-state index contributed by atoms with van der Waals surface area (Å²) in [5, 5.41) is 10.1. The summed E-state index contributed by atoms with van der Waals surface area (Å²) in [6.45, 7) is 5.95. The van der Waals surface area contributed by atoms with Crippen molar-refractivity contribution >= 4 is 23.4 Å². The van der Waals surface area contributed by atoms with Crippen molar-refractivity contribution in [2.45, 2.75) is 44.3 Å². The number of aryl methyl sites for hydroxylation is 1. The van der Waals surface area contributed by atoms with Crippen LogP contribution in [0, 0.1) is 6.92 Å². The van der Waals surface area contributed by atoms with E-state index in [4.69, 9.17) is 4.74 Å². The fourth-order valence-corrected chi connectivity index (χ4v) is 3.67. The number of amides is 1. The molecule has 2 aliphatic rings. The van der Waals surface area contributed by atoms with Gasteiger partial charge in [-0.05, 0) is 6.92 Å². The van der Waals surface area contributed by atoms with E-state index in [9.17, 15) is 13.6 Å². The monoisotopic (exact) mass is 419 g/mol. The highest BCUT2D eigenvalue weighted by molar-refractivity contribution is 6.04. The molecule has 1 fully saturated rings. The minimum atomic E-state index is -2.59. The van der Waals surface area contributed by atoms with Gasteiger partial charge in [0.1, 0.15) is 11.4 Å². The Labute approximate surface area is 172 Å². The molecule has 3 heterocycles. The minimum Gasteiger partial charge on any atom is -0.499 e. The fraction of sp³-hybridized carbons (Fsp3) is 0.474. The quantitative estimate of drug-likeness (QED) is 0.695. The number of methoxy groups -OCH3 is 1. The van der Waals surface area contributed by atoms with Crippen molar-refractivity contribution < 1.29 is 18.3 Å². The smallest absolute Gasteiger partial charge is 0.255 e. The van der Waals surface area contributed by atoms with E-state index in [1.165, 1.54) is 7.11 Å². The number of hydrogen-bond donors (Lipinski definition) is 2. The van der Waals surface area contributed by atoms with Crippen LogP contribution in [0.3, 0.4) is 0 Å². The number of rotatable bonds is 6. The normalized spacial score (nSPS) is 20.2. The Morgan fingerprint density at radius 2 is 2.17 bits per heavy atom. The van der Waals surface area contributed by atoms with Gasteiger partial charge in [0, 0.05) is 38.2 Å². The number of hydrogen-bond acceptors (Lipinski definition) is 7. The molecule has 2 N–H and O–H groups in total. The maximum absolute atomic E-state index is 13.1. The first-order valence-electron chi connectivity index (χ1n) is 9.48. The Hall–Kier alpha value is -3.24. The van der Waals surface area contributed by atoms with Crippen molar-refractivity contribution in [3.05, 3.63) is 36.0 Å². The molecule has 2 aromatic heterocycles. The number of halogens is 2. The Balaban J connectivity index is 1.48. The van der Waals surface area contributed by atoms with E-state index in [-0.39, 0.29) is 24.8 Å². The van der Waals surface area contributed by atoms with Gasteiger partial charge < -0.3 is 20.3 Å². The van der Waals surface area contributed by atoms with Crippen LogP contribution in [0.2, 0.25) is 0 Å². The van der Waals surface area contributed by atoms with E-state index in [2.05, 4.69) is 32.3 Å². The van der Waals surface area contributed by atoms with Gasteiger partial charge in [-0.15, -0.1) is 0 Å². The Morgan fingerprint density at radius 3 is 2.83 bits per heavy atom. The van der Waals surface area contributed by atoms with Gasteiger partial charge in [-0.1, -0.05) is 6.58 Å². The largest absolute Gasteiger partial charge is 0.499 e. The number of ether oxygens (including phenoxy) is 1. The van der Waals surface area contributed by atoms with Gasteiger partial charge in [-0.2, -0.15) is 10.1 Å². The number of aromatic nitrogens is 4. The lowest BCUT2D eigenvalue weighted by Crippen LogP contribution is -2.48. The number of carbonyl (C=O) groups excluding carboxylic acids is 1. The van der Waals surface area contributed by atoms with Crippen LogP contribution >= 0.6 is 0 Å². The molecule has 0 radical (unpaired) electrons. The highest BCUT2D eigenvalue weighted by Crippen LogP contribution is 2.45. The van der Waals surface area contributed by atoms with Crippen LogP contribution in [0.4, 0.5) is 26.2 Å². The molecule has 2 aromatic rings. The highest BCUT2D eigenvalue weighted by Gasteiger charge is 2.46. The third kappa shape index (κ3) is 3.55. The van der Waals surface area contributed by atoms with Crippen LogP contribution in [-0.2, 0) is 16.1 Å². The molecule has 11 heteroatoms. The van der Waals surface area contributed by atoms with Crippen LogP contribution in [0.1, 0.15) is 30.1 Å². The number of anilines is 3. The van der Waals surface area contributed by atoms with Crippen molar-refractivity contribution in [3.8, 4) is 0 Å². The lowest BCUT2D eigenvalue weighted by atomic mass is 9.88. The molecular weight excluding hydrogens is 396 g/mol. The number of nitrogens with zero attached hydrogens (tertiary/aromatic N) is 5. The van der Waals surface area contributed by atoms with Gasteiger partial charge in [0.25, 0.3) is 11.8 Å². The maximum Gasteiger partial charge on any atom is 0.255 e. The van der Waals surface area contributed by atoms with E-state index < -0.39 is 12.0 Å². The zero-order chi connectivity index (χ0) is 21.6. The molecule has 0 unspecified atom stereocenters. The third-order valence-corrected chi connectivity index (χ3v) is 5.40. The zero-order valence-electron chi connectivity index (χ0n) is 16.9. The van der Waals surface area contributed by atoms with Gasteiger partial charge >= 0.3 is 0 Å². The number of alkyl halides is 2. The molecule has 1 aliphatic heterocycles. The van der Waals surface area contributed by atoms with Crippen molar-refractivity contribution in [1.82, 2.24) is 19.7 Å². The van der Waals surface area contributed by atoms with Crippen LogP contribution < -0.4 is 15.5 Å². The van der Waals surface area contributed by atoms with E-state index in [0.29, 0.717) is 35.5 Å². The first-order valence-corrected chi connectivity index (χ1v) is 9.48. The molecule has 0 saturated heterocycles. The second kappa shape index (κ2) is 7.22. The Bertz CT molecular complexity index is 999.